The van der Waals surface area contributed by atoms with E-state index in [1.54, 1.807) is 12.5 Å². The highest BCUT2D eigenvalue weighted by Gasteiger charge is 2.26. The molecule has 0 spiro atoms. The van der Waals surface area contributed by atoms with E-state index in [9.17, 15) is 4.79 Å². The Hall–Kier alpha value is -2.75. The number of hydrogen-bond donors (Lipinski definition) is 0. The second-order valence-corrected chi connectivity index (χ2v) is 5.26. The highest BCUT2D eigenvalue weighted by atomic mass is 16.6. The molecule has 22 heavy (non-hydrogen) atoms. The predicted molar refractivity (Wildman–Crippen MR) is 85.5 cm³/mol. The molecular weight excluding hydrogens is 278 g/mol. The molecule has 0 saturated heterocycles. The van der Waals surface area contributed by atoms with E-state index in [-0.39, 0.29) is 6.10 Å². The van der Waals surface area contributed by atoms with Crippen molar-refractivity contribution in [2.45, 2.75) is 20.0 Å². The number of furan rings is 1. The van der Waals surface area contributed by atoms with Crippen molar-refractivity contribution in [1.82, 2.24) is 4.90 Å². The Balaban J connectivity index is 2.02. The van der Waals surface area contributed by atoms with Gasteiger partial charge in [-0.2, -0.15) is 0 Å². The van der Waals surface area contributed by atoms with Crippen molar-refractivity contribution in [3.05, 3.63) is 65.7 Å². The molecule has 0 radical (unpaired) electrons. The van der Waals surface area contributed by atoms with Crippen molar-refractivity contribution in [2.24, 2.45) is 0 Å². The van der Waals surface area contributed by atoms with Crippen LogP contribution in [0.2, 0.25) is 0 Å². The van der Waals surface area contributed by atoms with Gasteiger partial charge in [0.25, 0.3) is 0 Å². The van der Waals surface area contributed by atoms with Gasteiger partial charge in [-0.1, -0.05) is 30.3 Å². The lowest BCUT2D eigenvalue weighted by Crippen LogP contribution is -2.28. The first-order valence-electron chi connectivity index (χ1n) is 7.18. The summed E-state index contributed by atoms with van der Waals surface area (Å²) in [4.78, 5) is 13.8. The van der Waals surface area contributed by atoms with Gasteiger partial charge in [0.2, 0.25) is 0 Å². The molecule has 3 rings (SSSR count). The number of ether oxygens (including phenoxy) is 1. The molecule has 4 nitrogen and oxygen atoms in total. The zero-order chi connectivity index (χ0) is 15.5. The van der Waals surface area contributed by atoms with E-state index in [0.717, 1.165) is 11.1 Å². The fourth-order valence-electron chi connectivity index (χ4n) is 2.26. The molecule has 0 aliphatic carbocycles. The third kappa shape index (κ3) is 2.81. The average molecular weight is 295 g/mol. The number of fused-ring (bicyclic) bond motifs is 1. The van der Waals surface area contributed by atoms with E-state index >= 15 is 0 Å². The molecule has 0 N–H and O–H groups in total. The van der Waals surface area contributed by atoms with Gasteiger partial charge in [-0.3, -0.25) is 0 Å². The molecule has 1 amide bonds. The summed E-state index contributed by atoms with van der Waals surface area (Å²) >= 11 is 0. The minimum Gasteiger partial charge on any atom is -0.462 e. The van der Waals surface area contributed by atoms with Crippen LogP contribution in [0.25, 0.3) is 17.8 Å². The monoisotopic (exact) mass is 295 g/mol. The fraction of sp³-hybridized carbons (Fsp3) is 0.167. The van der Waals surface area contributed by atoms with E-state index in [2.05, 4.69) is 0 Å². The largest absolute Gasteiger partial charge is 0.462 e. The Bertz CT molecular complexity index is 726. The third-order valence-electron chi connectivity index (χ3n) is 3.23. The summed E-state index contributed by atoms with van der Waals surface area (Å²) in [5.74, 6) is 0.659. The molecule has 0 saturated carbocycles. The normalized spacial score (nSPS) is 15.2. The zero-order valence-electron chi connectivity index (χ0n) is 12.5. The second kappa shape index (κ2) is 5.93. The fourth-order valence-corrected chi connectivity index (χ4v) is 2.26. The highest BCUT2D eigenvalue weighted by molar-refractivity contribution is 5.93. The van der Waals surface area contributed by atoms with Crippen LogP contribution in [0.5, 0.6) is 0 Å². The van der Waals surface area contributed by atoms with Crippen molar-refractivity contribution in [1.29, 1.82) is 0 Å². The quantitative estimate of drug-likeness (QED) is 0.812. The van der Waals surface area contributed by atoms with E-state index in [1.165, 1.54) is 4.90 Å². The number of hydrogen-bond acceptors (Lipinski definition) is 3. The molecule has 112 valence electrons. The maximum Gasteiger partial charge on any atom is 0.418 e. The molecule has 0 unspecified atom stereocenters. The molecular formula is C18H17NO3. The summed E-state index contributed by atoms with van der Waals surface area (Å²) in [5, 5.41) is 0. The van der Waals surface area contributed by atoms with Gasteiger partial charge in [-0.15, -0.1) is 0 Å². The van der Waals surface area contributed by atoms with Crippen molar-refractivity contribution in [2.75, 3.05) is 0 Å². The SMILES string of the molecule is CC(C)OC(=O)N1C=Cc2ccoc2/C1=C\c1ccccc1. The molecule has 2 heterocycles. The lowest BCUT2D eigenvalue weighted by Gasteiger charge is -2.24. The summed E-state index contributed by atoms with van der Waals surface area (Å²) in [6, 6.07) is 11.7. The summed E-state index contributed by atoms with van der Waals surface area (Å²) in [6.45, 7) is 3.65. The van der Waals surface area contributed by atoms with E-state index in [4.69, 9.17) is 9.15 Å². The Labute approximate surface area is 129 Å². The van der Waals surface area contributed by atoms with Gasteiger partial charge in [-0.25, -0.2) is 9.69 Å². The summed E-state index contributed by atoms with van der Waals surface area (Å²) < 4.78 is 10.9. The molecule has 0 fully saturated rings. The molecule has 0 atom stereocenters. The second-order valence-electron chi connectivity index (χ2n) is 5.26. The minimum atomic E-state index is -0.421. The number of benzene rings is 1. The van der Waals surface area contributed by atoms with E-state index in [1.807, 2.05) is 62.4 Å². The molecule has 1 aromatic heterocycles. The van der Waals surface area contributed by atoms with Crippen LogP contribution in [-0.4, -0.2) is 17.1 Å². The number of carbonyl (C=O) groups is 1. The third-order valence-corrected chi connectivity index (χ3v) is 3.23. The van der Waals surface area contributed by atoms with Crippen LogP contribution >= 0.6 is 0 Å². The average Bonchev–Trinajstić information content (AvgIpc) is 2.96. The van der Waals surface area contributed by atoms with Crippen LogP contribution in [0, 0.1) is 0 Å². The van der Waals surface area contributed by atoms with Gasteiger partial charge >= 0.3 is 6.09 Å². The van der Waals surface area contributed by atoms with Crippen molar-refractivity contribution < 1.29 is 13.9 Å². The van der Waals surface area contributed by atoms with Crippen LogP contribution in [-0.2, 0) is 4.74 Å². The van der Waals surface area contributed by atoms with Crippen LogP contribution < -0.4 is 0 Å². The van der Waals surface area contributed by atoms with E-state index in [0.29, 0.717) is 11.5 Å². The standard InChI is InChI=1S/C18H17NO3/c1-13(2)22-18(20)19-10-8-15-9-11-21-17(15)16(19)12-14-6-4-3-5-7-14/h3-13H,1-2H3/b16-12+. The Morgan fingerprint density at radius 2 is 2.00 bits per heavy atom. The predicted octanol–water partition coefficient (Wildman–Crippen LogP) is 4.61. The Morgan fingerprint density at radius 3 is 2.73 bits per heavy atom. The van der Waals surface area contributed by atoms with Crippen LogP contribution in [0.4, 0.5) is 4.79 Å². The van der Waals surface area contributed by atoms with Crippen molar-refractivity contribution >= 4 is 23.9 Å². The van der Waals surface area contributed by atoms with Crippen LogP contribution in [0.1, 0.15) is 30.7 Å². The smallest absolute Gasteiger partial charge is 0.418 e. The topological polar surface area (TPSA) is 42.7 Å². The van der Waals surface area contributed by atoms with Crippen molar-refractivity contribution in [3.63, 3.8) is 0 Å². The van der Waals surface area contributed by atoms with Crippen LogP contribution in [0.3, 0.4) is 0 Å². The number of amides is 1. The first kappa shape index (κ1) is 14.2. The first-order valence-corrected chi connectivity index (χ1v) is 7.18. The lowest BCUT2D eigenvalue weighted by atomic mass is 10.1. The number of nitrogens with zero attached hydrogens (tertiary/aromatic N) is 1. The van der Waals surface area contributed by atoms with Gasteiger partial charge in [-0.05, 0) is 37.6 Å². The maximum absolute atomic E-state index is 12.3. The molecule has 0 bridgehead atoms. The molecule has 2 aromatic rings. The summed E-state index contributed by atoms with van der Waals surface area (Å²) in [6.07, 6.45) is 6.46. The summed E-state index contributed by atoms with van der Waals surface area (Å²) in [7, 11) is 0. The van der Waals surface area contributed by atoms with Gasteiger partial charge in [0.15, 0.2) is 5.76 Å². The van der Waals surface area contributed by atoms with Crippen molar-refractivity contribution in [3.8, 4) is 0 Å². The number of carbonyl (C=O) groups excluding carboxylic acids is 1. The molecule has 1 aliphatic rings. The maximum atomic E-state index is 12.3. The molecule has 1 aromatic carbocycles. The molecule has 1 aliphatic heterocycles. The number of rotatable bonds is 2. The minimum absolute atomic E-state index is 0.183. The zero-order valence-corrected chi connectivity index (χ0v) is 12.5. The lowest BCUT2D eigenvalue weighted by molar-refractivity contribution is 0.100. The van der Waals surface area contributed by atoms with E-state index < -0.39 is 6.09 Å². The summed E-state index contributed by atoms with van der Waals surface area (Å²) in [5.41, 5.74) is 2.59. The Morgan fingerprint density at radius 1 is 1.23 bits per heavy atom. The Kier molecular flexibility index (Phi) is 3.83. The van der Waals surface area contributed by atoms with Gasteiger partial charge in [0, 0.05) is 11.8 Å². The van der Waals surface area contributed by atoms with Gasteiger partial charge in [0.1, 0.15) is 0 Å². The van der Waals surface area contributed by atoms with Gasteiger partial charge in [0.05, 0.1) is 18.1 Å². The first-order chi connectivity index (χ1) is 10.6. The van der Waals surface area contributed by atoms with Crippen LogP contribution in [0.15, 0.2) is 53.3 Å². The molecule has 4 heteroatoms. The van der Waals surface area contributed by atoms with Gasteiger partial charge < -0.3 is 9.15 Å². The highest BCUT2D eigenvalue weighted by Crippen LogP contribution is 2.32.